The molecule has 0 radical (unpaired) electrons. The molecule has 0 aliphatic carbocycles. The third kappa shape index (κ3) is 2.92. The zero-order valence-electron chi connectivity index (χ0n) is 11.9. The summed E-state index contributed by atoms with van der Waals surface area (Å²) in [5, 5.41) is 22.1. The Labute approximate surface area is 129 Å². The Morgan fingerprint density at radius 2 is 2.09 bits per heavy atom. The van der Waals surface area contributed by atoms with Gasteiger partial charge in [0.15, 0.2) is 5.69 Å². The Hall–Kier alpha value is -1.32. The van der Waals surface area contributed by atoms with E-state index in [1.165, 1.54) is 14.0 Å². The summed E-state index contributed by atoms with van der Waals surface area (Å²) in [5.41, 5.74) is -3.07. The molecule has 1 aliphatic heterocycles. The number of rotatable bonds is 1. The van der Waals surface area contributed by atoms with E-state index in [1.807, 2.05) is 0 Å². The van der Waals surface area contributed by atoms with Crippen LogP contribution in [0.1, 0.15) is 29.5 Å². The van der Waals surface area contributed by atoms with Gasteiger partial charge in [-0.05, 0) is 13.3 Å². The summed E-state index contributed by atoms with van der Waals surface area (Å²) < 4.78 is 39.0. The van der Waals surface area contributed by atoms with Gasteiger partial charge < -0.3 is 15.1 Å². The number of hydrogen-bond acceptors (Lipinski definition) is 4. The first-order valence-electron chi connectivity index (χ1n) is 6.44. The molecule has 2 rings (SSSR count). The molecule has 22 heavy (non-hydrogen) atoms. The number of aryl methyl sites for hydroxylation is 1. The lowest BCUT2D eigenvalue weighted by Gasteiger charge is -2.39. The number of aliphatic hydroxyl groups is 2. The highest BCUT2D eigenvalue weighted by atomic mass is 35.5. The number of carbonyl (C=O) groups excluding carboxylic acids is 1. The number of aliphatic hydroxyl groups excluding tert-OH is 1. The second-order valence-electron chi connectivity index (χ2n) is 5.51. The topological polar surface area (TPSA) is 78.6 Å². The van der Waals surface area contributed by atoms with Gasteiger partial charge in [-0.25, -0.2) is 0 Å². The highest BCUT2D eigenvalue weighted by Gasteiger charge is 2.42. The number of amides is 1. The fourth-order valence-corrected chi connectivity index (χ4v) is 2.62. The molecular formula is C12H15ClF3N3O3. The first-order chi connectivity index (χ1) is 9.95. The maximum Gasteiger partial charge on any atom is 0.436 e. The highest BCUT2D eigenvalue weighted by Crippen LogP contribution is 2.36. The smallest absolute Gasteiger partial charge is 0.388 e. The van der Waals surface area contributed by atoms with E-state index >= 15 is 0 Å². The quantitative estimate of drug-likeness (QED) is 0.800. The first kappa shape index (κ1) is 17.0. The molecule has 2 N–H and O–H groups in total. The van der Waals surface area contributed by atoms with E-state index in [9.17, 15) is 28.2 Å². The predicted octanol–water partition coefficient (Wildman–Crippen LogP) is 1.05. The van der Waals surface area contributed by atoms with Gasteiger partial charge >= 0.3 is 6.18 Å². The average molecular weight is 342 g/mol. The average Bonchev–Trinajstić information content (AvgIpc) is 2.67. The molecule has 0 aromatic carbocycles. The molecule has 2 atom stereocenters. The van der Waals surface area contributed by atoms with Gasteiger partial charge in [-0.3, -0.25) is 9.48 Å². The van der Waals surface area contributed by atoms with Crippen molar-refractivity contribution in [3.63, 3.8) is 0 Å². The van der Waals surface area contributed by atoms with Crippen molar-refractivity contribution in [3.05, 3.63) is 16.4 Å². The maximum absolute atomic E-state index is 12.8. The standard InChI is InChI=1S/C12H15ClF3N3O3/c1-11(22)3-4-19(5-6(11)20)10(21)8-7(13)9(12(14,15)16)17-18(8)2/h6,20,22H,3-5H2,1-2H3/t6-,11-/m1/s1. The zero-order valence-corrected chi connectivity index (χ0v) is 12.6. The van der Waals surface area contributed by atoms with E-state index in [-0.39, 0.29) is 19.5 Å². The zero-order chi connectivity index (χ0) is 16.9. The Kier molecular flexibility index (Phi) is 4.18. The number of halogens is 4. The van der Waals surface area contributed by atoms with Crippen LogP contribution in [-0.4, -0.2) is 55.6 Å². The van der Waals surface area contributed by atoms with Crippen LogP contribution in [0.5, 0.6) is 0 Å². The van der Waals surface area contributed by atoms with Crippen molar-refractivity contribution in [2.75, 3.05) is 13.1 Å². The van der Waals surface area contributed by atoms with Crippen LogP contribution in [-0.2, 0) is 13.2 Å². The summed E-state index contributed by atoms with van der Waals surface area (Å²) in [6.45, 7) is 1.32. The monoisotopic (exact) mass is 341 g/mol. The molecule has 1 aromatic heterocycles. The highest BCUT2D eigenvalue weighted by molar-refractivity contribution is 6.34. The molecule has 0 saturated carbocycles. The van der Waals surface area contributed by atoms with Crippen LogP contribution < -0.4 is 0 Å². The lowest BCUT2D eigenvalue weighted by atomic mass is 9.90. The van der Waals surface area contributed by atoms with Crippen molar-refractivity contribution in [1.82, 2.24) is 14.7 Å². The van der Waals surface area contributed by atoms with Gasteiger partial charge in [0.2, 0.25) is 0 Å². The summed E-state index contributed by atoms with van der Waals surface area (Å²) in [4.78, 5) is 13.5. The molecular weight excluding hydrogens is 327 g/mol. The van der Waals surface area contributed by atoms with Gasteiger partial charge in [0.25, 0.3) is 5.91 Å². The SMILES string of the molecule is Cn1nc(C(F)(F)F)c(Cl)c1C(=O)N1CC[C@@](C)(O)[C@H](O)C1. The number of nitrogens with zero attached hydrogens (tertiary/aromatic N) is 3. The van der Waals surface area contributed by atoms with Gasteiger partial charge in [0, 0.05) is 20.1 Å². The fraction of sp³-hybridized carbons (Fsp3) is 0.667. The van der Waals surface area contributed by atoms with Gasteiger partial charge in [-0.1, -0.05) is 11.6 Å². The van der Waals surface area contributed by atoms with Crippen LogP contribution in [0, 0.1) is 0 Å². The number of piperidine rings is 1. The first-order valence-corrected chi connectivity index (χ1v) is 6.82. The number of alkyl halides is 3. The van der Waals surface area contributed by atoms with Crippen LogP contribution in [0.3, 0.4) is 0 Å². The fourth-order valence-electron chi connectivity index (χ4n) is 2.27. The van der Waals surface area contributed by atoms with Gasteiger partial charge in [-0.15, -0.1) is 0 Å². The van der Waals surface area contributed by atoms with Crippen molar-refractivity contribution in [3.8, 4) is 0 Å². The van der Waals surface area contributed by atoms with E-state index in [1.54, 1.807) is 0 Å². The Morgan fingerprint density at radius 1 is 1.50 bits per heavy atom. The van der Waals surface area contributed by atoms with E-state index in [4.69, 9.17) is 11.6 Å². The predicted molar refractivity (Wildman–Crippen MR) is 70.4 cm³/mol. The molecule has 10 heteroatoms. The van der Waals surface area contributed by atoms with Crippen LogP contribution in [0.2, 0.25) is 5.02 Å². The summed E-state index contributed by atoms with van der Waals surface area (Å²) >= 11 is 5.66. The molecule has 1 fully saturated rings. The molecule has 1 saturated heterocycles. The van der Waals surface area contributed by atoms with Crippen molar-refractivity contribution >= 4 is 17.5 Å². The number of likely N-dealkylation sites (tertiary alicyclic amines) is 1. The van der Waals surface area contributed by atoms with Crippen molar-refractivity contribution in [1.29, 1.82) is 0 Å². The largest absolute Gasteiger partial charge is 0.436 e. The molecule has 0 spiro atoms. The second kappa shape index (κ2) is 5.39. The number of aromatic nitrogens is 2. The van der Waals surface area contributed by atoms with Crippen LogP contribution in [0.4, 0.5) is 13.2 Å². The lowest BCUT2D eigenvalue weighted by Crippen LogP contribution is -2.55. The number of β-amino-alcohol motifs (C(OH)–C–C–N with tert-alkyl or cyclic N) is 1. The Balaban J connectivity index is 2.30. The van der Waals surface area contributed by atoms with Crippen LogP contribution >= 0.6 is 11.6 Å². The van der Waals surface area contributed by atoms with E-state index < -0.39 is 40.2 Å². The summed E-state index contributed by atoms with van der Waals surface area (Å²) in [7, 11) is 1.19. The van der Waals surface area contributed by atoms with E-state index in [0.29, 0.717) is 0 Å². The molecule has 0 unspecified atom stereocenters. The Bertz CT molecular complexity index is 600. The minimum absolute atomic E-state index is 0.0890. The molecule has 1 aliphatic rings. The normalized spacial score (nSPS) is 26.4. The van der Waals surface area contributed by atoms with Gasteiger partial charge in [0.05, 0.1) is 11.7 Å². The van der Waals surface area contributed by atoms with Crippen molar-refractivity contribution in [2.24, 2.45) is 7.05 Å². The molecule has 124 valence electrons. The van der Waals surface area contributed by atoms with Crippen molar-refractivity contribution in [2.45, 2.75) is 31.2 Å². The van der Waals surface area contributed by atoms with E-state index in [2.05, 4.69) is 5.10 Å². The number of hydrogen-bond donors (Lipinski definition) is 2. The summed E-state index contributed by atoms with van der Waals surface area (Å²) in [6.07, 6.45) is -5.86. The molecule has 2 heterocycles. The number of carbonyl (C=O) groups is 1. The summed E-state index contributed by atoms with van der Waals surface area (Å²) in [6, 6.07) is 0. The van der Waals surface area contributed by atoms with Gasteiger partial charge in [0.1, 0.15) is 10.7 Å². The molecule has 1 aromatic rings. The van der Waals surface area contributed by atoms with Gasteiger partial charge in [-0.2, -0.15) is 18.3 Å². The lowest BCUT2D eigenvalue weighted by molar-refractivity contribution is -0.141. The molecule has 1 amide bonds. The van der Waals surface area contributed by atoms with E-state index in [0.717, 1.165) is 9.58 Å². The summed E-state index contributed by atoms with van der Waals surface area (Å²) in [5.74, 6) is -0.773. The molecule has 0 bridgehead atoms. The Morgan fingerprint density at radius 3 is 2.55 bits per heavy atom. The molecule has 6 nitrogen and oxygen atoms in total. The van der Waals surface area contributed by atoms with Crippen LogP contribution in [0.15, 0.2) is 0 Å². The van der Waals surface area contributed by atoms with Crippen molar-refractivity contribution < 1.29 is 28.2 Å². The minimum Gasteiger partial charge on any atom is -0.388 e. The third-order valence-electron chi connectivity index (χ3n) is 3.75. The third-order valence-corrected chi connectivity index (χ3v) is 4.10. The second-order valence-corrected chi connectivity index (χ2v) is 5.88. The maximum atomic E-state index is 12.8. The minimum atomic E-state index is -4.77. The van der Waals surface area contributed by atoms with Crippen LogP contribution in [0.25, 0.3) is 0 Å².